The maximum atomic E-state index is 5.53. The molecule has 0 spiro atoms. The van der Waals surface area contributed by atoms with Gasteiger partial charge in [0.2, 0.25) is 0 Å². The molecule has 298 valence electrons. The second-order valence-corrected chi connectivity index (χ2v) is 21.0. The van der Waals surface area contributed by atoms with Crippen molar-refractivity contribution in [2.24, 2.45) is 0 Å². The van der Waals surface area contributed by atoms with Gasteiger partial charge in [-0.1, -0.05) is 88.8 Å². The maximum Gasteiger partial charge on any atom is 0.146 e. The Labute approximate surface area is 364 Å². The molecule has 0 amide bonds. The van der Waals surface area contributed by atoms with Crippen molar-refractivity contribution < 1.29 is 9.47 Å². The zero-order chi connectivity index (χ0) is 39.4. The summed E-state index contributed by atoms with van der Waals surface area (Å²) in [6, 6.07) is 32.7. The minimum Gasteiger partial charge on any atom is -0.359 e. The second kappa shape index (κ2) is 21.4. The molecule has 2 nitrogen and oxygen atoms in total. The van der Waals surface area contributed by atoms with Gasteiger partial charge in [-0.3, -0.25) is 0 Å². The summed E-state index contributed by atoms with van der Waals surface area (Å²) < 4.78 is 10.6. The van der Waals surface area contributed by atoms with E-state index in [1.807, 2.05) is 68.0 Å². The summed E-state index contributed by atoms with van der Waals surface area (Å²) in [6.07, 6.45) is 17.7. The molecule has 6 aromatic heterocycles. The predicted molar refractivity (Wildman–Crippen MR) is 258 cm³/mol. The first-order valence-electron chi connectivity index (χ1n) is 20.5. The molecule has 7 aromatic rings. The Hall–Kier alpha value is -2.92. The summed E-state index contributed by atoms with van der Waals surface area (Å²) >= 11 is 11.7. The van der Waals surface area contributed by atoms with Gasteiger partial charge in [-0.2, -0.15) is 0 Å². The molecule has 8 heteroatoms. The van der Waals surface area contributed by atoms with E-state index in [1.165, 1.54) is 132 Å². The van der Waals surface area contributed by atoms with Gasteiger partial charge in [0.05, 0.1) is 6.61 Å². The summed E-state index contributed by atoms with van der Waals surface area (Å²) in [7, 11) is 1.67. The minimum atomic E-state index is 0.349. The molecule has 0 bridgehead atoms. The maximum absolute atomic E-state index is 5.53. The van der Waals surface area contributed by atoms with Crippen molar-refractivity contribution in [3.05, 3.63) is 113 Å². The van der Waals surface area contributed by atoms with Crippen LogP contribution in [0.25, 0.3) is 65.3 Å². The van der Waals surface area contributed by atoms with Gasteiger partial charge in [0, 0.05) is 72.1 Å². The summed E-state index contributed by atoms with van der Waals surface area (Å²) in [6.45, 7) is 7.71. The lowest BCUT2D eigenvalue weighted by Crippen LogP contribution is -2.00. The molecule has 6 heterocycles. The van der Waals surface area contributed by atoms with Gasteiger partial charge in [0.15, 0.2) is 0 Å². The van der Waals surface area contributed by atoms with E-state index in [1.54, 1.807) is 7.11 Å². The highest BCUT2D eigenvalue weighted by atomic mass is 32.1. The molecule has 7 rings (SSSR count). The van der Waals surface area contributed by atoms with E-state index in [0.29, 0.717) is 13.4 Å². The number of ether oxygens (including phenoxy) is 2. The highest BCUT2D eigenvalue weighted by Gasteiger charge is 2.19. The molecule has 0 radical (unpaired) electrons. The van der Waals surface area contributed by atoms with Crippen molar-refractivity contribution in [1.29, 1.82) is 0 Å². The molecule has 0 unspecified atom stereocenters. The fourth-order valence-corrected chi connectivity index (χ4v) is 14.1. The molecule has 0 saturated carbocycles. The monoisotopic (exact) mass is 866 g/mol. The van der Waals surface area contributed by atoms with Gasteiger partial charge in [-0.25, -0.2) is 0 Å². The number of hydrogen-bond donors (Lipinski definition) is 0. The third kappa shape index (κ3) is 11.0. The summed E-state index contributed by atoms with van der Waals surface area (Å²) in [5.74, 6) is 0. The number of methoxy groups -OCH3 is 1. The lowest BCUT2D eigenvalue weighted by atomic mass is 10.0. The smallest absolute Gasteiger partial charge is 0.146 e. The van der Waals surface area contributed by atoms with Crippen LogP contribution in [0.2, 0.25) is 0 Å². The molecule has 0 atom stereocenters. The molecule has 0 N–H and O–H groups in total. The van der Waals surface area contributed by atoms with Crippen LogP contribution in [-0.2, 0) is 28.7 Å². The number of benzene rings is 1. The van der Waals surface area contributed by atoms with Gasteiger partial charge >= 0.3 is 0 Å². The van der Waals surface area contributed by atoms with Crippen LogP contribution >= 0.6 is 68.0 Å². The summed E-state index contributed by atoms with van der Waals surface area (Å²) in [5.41, 5.74) is 5.58. The van der Waals surface area contributed by atoms with Crippen LogP contribution in [0.3, 0.4) is 0 Å². The Bertz CT molecular complexity index is 2300. The van der Waals surface area contributed by atoms with Gasteiger partial charge in [0.1, 0.15) is 6.79 Å². The van der Waals surface area contributed by atoms with E-state index in [9.17, 15) is 0 Å². The molecule has 0 aliphatic rings. The summed E-state index contributed by atoms with van der Waals surface area (Å²) in [5, 5.41) is 0. The Morgan fingerprint density at radius 3 is 1.58 bits per heavy atom. The van der Waals surface area contributed by atoms with Crippen molar-refractivity contribution >= 4 is 74.1 Å². The molecule has 0 aliphatic carbocycles. The average molecular weight is 867 g/mol. The highest BCUT2D eigenvalue weighted by Crippen LogP contribution is 2.49. The minimum absolute atomic E-state index is 0.349. The van der Waals surface area contributed by atoms with E-state index in [4.69, 9.17) is 9.47 Å². The Morgan fingerprint density at radius 2 is 1.00 bits per heavy atom. The molecule has 0 saturated heterocycles. The normalized spacial score (nSPS) is 11.8. The van der Waals surface area contributed by atoms with Gasteiger partial charge in [0.25, 0.3) is 0 Å². The number of rotatable bonds is 22. The molecule has 57 heavy (non-hydrogen) atoms. The van der Waals surface area contributed by atoms with Crippen LogP contribution < -0.4 is 0 Å². The molecule has 0 aliphatic heterocycles. The second-order valence-electron chi connectivity index (χ2n) is 14.5. The number of hydrogen-bond acceptors (Lipinski definition) is 8. The van der Waals surface area contributed by atoms with Crippen LogP contribution in [-0.4, -0.2) is 20.5 Å². The third-order valence-electron chi connectivity index (χ3n) is 10.1. The SMILES string of the molecule is CC=Cc1ccc(-c2cc(CCCCCC)c(-c3ccc(-c4ccc(-c5sc(-c6ccc(-c7ccc(CCOCOC)s7)s6)cc5CCCCCC)s4)s3)s2)cc1. The number of unbranched alkanes of at least 4 members (excludes halogenated alkanes) is 6. The first-order valence-corrected chi connectivity index (χ1v) is 25.4. The van der Waals surface area contributed by atoms with Crippen LogP contribution in [0, 0.1) is 0 Å². The quantitative estimate of drug-likeness (QED) is 0.0499. The Balaban J connectivity index is 1.12. The van der Waals surface area contributed by atoms with E-state index in [-0.39, 0.29) is 0 Å². The van der Waals surface area contributed by atoms with Crippen LogP contribution in [0.4, 0.5) is 0 Å². The van der Waals surface area contributed by atoms with Crippen molar-refractivity contribution in [2.75, 3.05) is 20.5 Å². The highest BCUT2D eigenvalue weighted by molar-refractivity contribution is 7.30. The van der Waals surface area contributed by atoms with Crippen molar-refractivity contribution in [1.82, 2.24) is 0 Å². The third-order valence-corrected chi connectivity index (χ3v) is 17.9. The molecule has 0 fully saturated rings. The number of aryl methyl sites for hydroxylation is 2. The fraction of sp³-hybridized carbons (Fsp3) is 0.347. The van der Waals surface area contributed by atoms with Crippen LogP contribution in [0.1, 0.15) is 93.7 Å². The zero-order valence-corrected chi connectivity index (χ0v) is 38.6. The van der Waals surface area contributed by atoms with Crippen molar-refractivity contribution in [2.45, 2.75) is 91.4 Å². The van der Waals surface area contributed by atoms with Crippen molar-refractivity contribution in [3.8, 4) is 59.2 Å². The van der Waals surface area contributed by atoms with Crippen LogP contribution in [0.15, 0.2) is 91.0 Å². The Morgan fingerprint density at radius 1 is 0.491 bits per heavy atom. The van der Waals surface area contributed by atoms with E-state index >= 15 is 0 Å². The molecular formula is C49H54O2S6. The average Bonchev–Trinajstić information content (AvgIpc) is 4.08. The topological polar surface area (TPSA) is 18.5 Å². The predicted octanol–water partition coefficient (Wildman–Crippen LogP) is 17.5. The lowest BCUT2D eigenvalue weighted by molar-refractivity contribution is -0.0289. The number of allylic oxidation sites excluding steroid dienone is 1. The molecule has 1 aromatic carbocycles. The molecular weight excluding hydrogens is 813 g/mol. The van der Waals surface area contributed by atoms with Gasteiger partial charge in [-0.15, -0.1) is 68.0 Å². The van der Waals surface area contributed by atoms with Crippen LogP contribution in [0.5, 0.6) is 0 Å². The first-order chi connectivity index (χ1) is 28.1. The van der Waals surface area contributed by atoms with E-state index in [0.717, 1.165) is 19.3 Å². The zero-order valence-electron chi connectivity index (χ0n) is 33.7. The fourth-order valence-electron chi connectivity index (χ4n) is 7.09. The van der Waals surface area contributed by atoms with Crippen molar-refractivity contribution in [3.63, 3.8) is 0 Å². The summed E-state index contributed by atoms with van der Waals surface area (Å²) in [4.78, 5) is 16.6. The van der Waals surface area contributed by atoms with E-state index < -0.39 is 0 Å². The number of thiophene rings is 6. The Kier molecular flexibility index (Phi) is 15.8. The standard InChI is InChI=1S/C49H54O2S6/c1-5-8-10-12-15-36-31-46(35-19-17-34(14-7-3)18-20-35)56-48(36)44-27-25-41(54-44)42-26-28-45(55-42)49-37(16-13-11-9-6-2)32-47(57-49)43-24-23-40(53-43)39-22-21-38(52-39)29-30-51-33-50-4/h7,14,17-28,31-32H,5-6,8-13,15-16,29-30,33H2,1-4H3. The van der Waals surface area contributed by atoms with Gasteiger partial charge < -0.3 is 9.47 Å². The van der Waals surface area contributed by atoms with E-state index in [2.05, 4.69) is 118 Å². The first kappa shape index (κ1) is 42.2. The van der Waals surface area contributed by atoms with Gasteiger partial charge in [-0.05, 0) is 116 Å². The largest absolute Gasteiger partial charge is 0.359 e. The lowest BCUT2D eigenvalue weighted by Gasteiger charge is -2.02.